The van der Waals surface area contributed by atoms with E-state index in [0.29, 0.717) is 24.5 Å². The van der Waals surface area contributed by atoms with Gasteiger partial charge in [0.15, 0.2) is 0 Å². The number of nitrogens with one attached hydrogen (secondary N) is 2. The average Bonchev–Trinajstić information content (AvgIpc) is 3.21. The molecule has 4 N–H and O–H groups in total. The Morgan fingerprint density at radius 2 is 2.27 bits per heavy atom. The molecule has 1 saturated heterocycles. The van der Waals surface area contributed by atoms with Gasteiger partial charge in [-0.1, -0.05) is 6.58 Å². The van der Waals surface area contributed by atoms with Gasteiger partial charge in [0.05, 0.1) is 18.1 Å². The summed E-state index contributed by atoms with van der Waals surface area (Å²) in [6.45, 7) is 4.33. The minimum absolute atomic E-state index is 0.0572. The molecule has 140 valence electrons. The second-order valence-corrected chi connectivity index (χ2v) is 6.39. The van der Waals surface area contributed by atoms with E-state index in [4.69, 9.17) is 5.73 Å². The minimum Gasteiger partial charge on any atom is -0.385 e. The van der Waals surface area contributed by atoms with Crippen molar-refractivity contribution in [2.24, 2.45) is 10.9 Å². The van der Waals surface area contributed by atoms with E-state index in [1.54, 1.807) is 18.6 Å². The summed E-state index contributed by atoms with van der Waals surface area (Å²) in [5.74, 6) is -0.468. The van der Waals surface area contributed by atoms with E-state index in [9.17, 15) is 18.0 Å². The van der Waals surface area contributed by atoms with E-state index in [2.05, 4.69) is 21.9 Å². The van der Waals surface area contributed by atoms with Crippen molar-refractivity contribution in [3.05, 3.63) is 36.2 Å². The Balaban J connectivity index is 1.82. The predicted octanol–water partition coefficient (Wildman–Crippen LogP) is 2.29. The van der Waals surface area contributed by atoms with Crippen LogP contribution in [0.15, 0.2) is 35.6 Å². The number of rotatable bonds is 4. The largest absolute Gasteiger partial charge is 0.397 e. The van der Waals surface area contributed by atoms with Gasteiger partial charge in [0.25, 0.3) is 0 Å². The lowest BCUT2D eigenvalue weighted by atomic mass is 9.86. The number of anilines is 1. The van der Waals surface area contributed by atoms with Crippen molar-refractivity contribution < 1.29 is 18.0 Å². The number of carbonyl (C=O) groups is 1. The summed E-state index contributed by atoms with van der Waals surface area (Å²) in [6, 6.07) is 1.60. The van der Waals surface area contributed by atoms with Crippen molar-refractivity contribution in [1.82, 2.24) is 15.2 Å². The fourth-order valence-electron chi connectivity index (χ4n) is 3.53. The highest BCUT2D eigenvalue weighted by Crippen LogP contribution is 2.36. The summed E-state index contributed by atoms with van der Waals surface area (Å²) in [6.07, 6.45) is -0.451. The maximum atomic E-state index is 12.5. The molecule has 1 aromatic heterocycles. The van der Waals surface area contributed by atoms with Crippen LogP contribution in [0.4, 0.5) is 19.0 Å². The SMILES string of the molecule is C=CC1=C(c2cc[nH]c2N)[C@H](C2CCN(C(=O)CC(F)(F)F)C2)NC=N1. The zero-order valence-corrected chi connectivity index (χ0v) is 14.0. The van der Waals surface area contributed by atoms with E-state index in [1.807, 2.05) is 6.07 Å². The number of alkyl halides is 3. The molecule has 2 aliphatic rings. The number of halogens is 3. The number of H-pyrrole nitrogens is 1. The first-order valence-electron chi connectivity index (χ1n) is 8.23. The van der Waals surface area contributed by atoms with Gasteiger partial charge in [-0.05, 0) is 18.6 Å². The third kappa shape index (κ3) is 3.61. The van der Waals surface area contributed by atoms with Gasteiger partial charge in [-0.3, -0.25) is 4.79 Å². The molecule has 2 atom stereocenters. The summed E-state index contributed by atoms with van der Waals surface area (Å²) < 4.78 is 37.5. The Kier molecular flexibility index (Phi) is 4.80. The van der Waals surface area contributed by atoms with Crippen LogP contribution in [0, 0.1) is 5.92 Å². The molecule has 1 fully saturated rings. The lowest BCUT2D eigenvalue weighted by Crippen LogP contribution is -2.41. The number of hydrogen-bond acceptors (Lipinski definition) is 4. The molecule has 2 aliphatic heterocycles. The number of aromatic nitrogens is 1. The molecular weight excluding hydrogens is 347 g/mol. The number of aliphatic imine (C=N–C) groups is 1. The zero-order chi connectivity index (χ0) is 18.9. The topological polar surface area (TPSA) is 86.5 Å². The number of nitrogens with zero attached hydrogens (tertiary/aromatic N) is 2. The van der Waals surface area contributed by atoms with Crippen molar-refractivity contribution >= 4 is 23.6 Å². The van der Waals surface area contributed by atoms with Gasteiger partial charge in [0.2, 0.25) is 5.91 Å². The molecule has 0 radical (unpaired) electrons. The number of likely N-dealkylation sites (tertiary alicyclic amines) is 1. The fourth-order valence-corrected chi connectivity index (χ4v) is 3.53. The normalized spacial score (nSPS) is 23.3. The van der Waals surface area contributed by atoms with Gasteiger partial charge in [0, 0.05) is 36.3 Å². The van der Waals surface area contributed by atoms with Gasteiger partial charge in [-0.25, -0.2) is 4.99 Å². The monoisotopic (exact) mass is 367 g/mol. The maximum absolute atomic E-state index is 12.5. The van der Waals surface area contributed by atoms with Crippen LogP contribution in [0.3, 0.4) is 0 Å². The lowest BCUT2D eigenvalue weighted by molar-refractivity contribution is -0.160. The van der Waals surface area contributed by atoms with Crippen molar-refractivity contribution in [1.29, 1.82) is 0 Å². The Bertz CT molecular complexity index is 765. The third-order valence-electron chi connectivity index (χ3n) is 4.71. The van der Waals surface area contributed by atoms with Gasteiger partial charge < -0.3 is 20.9 Å². The van der Waals surface area contributed by atoms with Crippen molar-refractivity contribution in [2.45, 2.75) is 25.1 Å². The Morgan fingerprint density at radius 1 is 1.50 bits per heavy atom. The standard InChI is InChI=1S/C17H20F3N5O/c1-2-12-14(11-3-5-22-16(11)21)15(24-9-23-12)10-4-6-25(8-10)13(26)7-17(18,19)20/h2-3,5,9-10,15,22H,1,4,6-8,21H2,(H,23,24)/t10?,15-/m0/s1. The van der Waals surface area contributed by atoms with Gasteiger partial charge in [0.1, 0.15) is 12.2 Å². The second-order valence-electron chi connectivity index (χ2n) is 6.39. The summed E-state index contributed by atoms with van der Waals surface area (Å²) in [5.41, 5.74) is 8.26. The zero-order valence-electron chi connectivity index (χ0n) is 14.0. The van der Waals surface area contributed by atoms with Crippen LogP contribution in [-0.4, -0.2) is 47.4 Å². The van der Waals surface area contributed by atoms with Crippen LogP contribution >= 0.6 is 0 Å². The number of aromatic amines is 1. The van der Waals surface area contributed by atoms with E-state index in [-0.39, 0.29) is 18.5 Å². The average molecular weight is 367 g/mol. The summed E-state index contributed by atoms with van der Waals surface area (Å²) >= 11 is 0. The molecule has 0 spiro atoms. The van der Waals surface area contributed by atoms with E-state index >= 15 is 0 Å². The Labute approximate surface area is 148 Å². The first-order valence-corrected chi connectivity index (χ1v) is 8.23. The minimum atomic E-state index is -4.49. The van der Waals surface area contributed by atoms with Gasteiger partial charge >= 0.3 is 6.18 Å². The summed E-state index contributed by atoms with van der Waals surface area (Å²) in [5, 5.41) is 3.17. The highest BCUT2D eigenvalue weighted by molar-refractivity contribution is 5.85. The molecule has 0 aromatic carbocycles. The third-order valence-corrected chi connectivity index (χ3v) is 4.71. The highest BCUT2D eigenvalue weighted by atomic mass is 19.4. The quantitative estimate of drug-likeness (QED) is 0.763. The van der Waals surface area contributed by atoms with Gasteiger partial charge in [-0.2, -0.15) is 13.2 Å². The van der Waals surface area contributed by atoms with Crippen molar-refractivity contribution in [3.8, 4) is 0 Å². The number of amides is 1. The Morgan fingerprint density at radius 3 is 2.88 bits per heavy atom. The molecule has 1 amide bonds. The molecule has 3 heterocycles. The first-order chi connectivity index (χ1) is 12.3. The molecule has 1 aromatic rings. The number of nitrogens with two attached hydrogens (primary N) is 1. The molecule has 0 saturated carbocycles. The van der Waals surface area contributed by atoms with Crippen LogP contribution in [0.5, 0.6) is 0 Å². The van der Waals surface area contributed by atoms with Crippen LogP contribution in [0.2, 0.25) is 0 Å². The number of allylic oxidation sites excluding steroid dienone is 1. The van der Waals surface area contributed by atoms with E-state index in [0.717, 1.165) is 11.1 Å². The first kappa shape index (κ1) is 18.1. The van der Waals surface area contributed by atoms with Crippen molar-refractivity contribution in [3.63, 3.8) is 0 Å². The second kappa shape index (κ2) is 6.89. The molecular formula is C17H20F3N5O. The fraction of sp³-hybridized carbons (Fsp3) is 0.412. The number of carbonyl (C=O) groups excluding carboxylic acids is 1. The van der Waals surface area contributed by atoms with Crippen molar-refractivity contribution in [2.75, 3.05) is 18.8 Å². The maximum Gasteiger partial charge on any atom is 0.397 e. The predicted molar refractivity (Wildman–Crippen MR) is 93.1 cm³/mol. The number of hydrogen-bond donors (Lipinski definition) is 3. The highest BCUT2D eigenvalue weighted by Gasteiger charge is 2.39. The number of nitrogen functional groups attached to an aromatic ring is 1. The molecule has 9 heteroatoms. The molecule has 26 heavy (non-hydrogen) atoms. The van der Waals surface area contributed by atoms with Gasteiger partial charge in [-0.15, -0.1) is 0 Å². The molecule has 3 rings (SSSR count). The smallest absolute Gasteiger partial charge is 0.385 e. The summed E-state index contributed by atoms with van der Waals surface area (Å²) in [4.78, 5) is 20.3. The van der Waals surface area contributed by atoms with Crippen LogP contribution in [-0.2, 0) is 4.79 Å². The summed E-state index contributed by atoms with van der Waals surface area (Å²) in [7, 11) is 0. The molecule has 0 bridgehead atoms. The van der Waals surface area contributed by atoms with Crippen LogP contribution < -0.4 is 11.1 Å². The molecule has 6 nitrogen and oxygen atoms in total. The van der Waals surface area contributed by atoms with E-state index < -0.39 is 18.5 Å². The Hall–Kier alpha value is -2.71. The molecule has 0 aliphatic carbocycles. The molecule has 1 unspecified atom stereocenters. The van der Waals surface area contributed by atoms with Crippen LogP contribution in [0.25, 0.3) is 5.57 Å². The van der Waals surface area contributed by atoms with E-state index in [1.165, 1.54) is 4.90 Å². The lowest BCUT2D eigenvalue weighted by Gasteiger charge is -2.30. The van der Waals surface area contributed by atoms with Crippen LogP contribution in [0.1, 0.15) is 18.4 Å².